The monoisotopic (exact) mass is 399 g/mol. The van der Waals surface area contributed by atoms with Crippen LogP contribution in [0, 0.1) is 0 Å². The summed E-state index contributed by atoms with van der Waals surface area (Å²) in [4.78, 5) is 23.7. The normalized spacial score (nSPS) is 11.4. The smallest absolute Gasteiger partial charge is 0.287 e. The molecule has 8 nitrogen and oxygen atoms in total. The van der Waals surface area contributed by atoms with E-state index in [1.165, 1.54) is 44.6 Å². The van der Waals surface area contributed by atoms with E-state index in [0.717, 1.165) is 4.31 Å². The molecule has 0 aliphatic carbocycles. The first kappa shape index (κ1) is 20.0. The van der Waals surface area contributed by atoms with Gasteiger partial charge in [0.15, 0.2) is 5.76 Å². The third kappa shape index (κ3) is 4.63. The number of nitrogens with one attached hydrogen (secondary N) is 2. The van der Waals surface area contributed by atoms with Gasteiger partial charge in [-0.15, -0.1) is 0 Å². The van der Waals surface area contributed by atoms with Crippen molar-refractivity contribution in [3.8, 4) is 0 Å². The summed E-state index contributed by atoms with van der Waals surface area (Å²) < 4.78 is 30.4. The number of furan rings is 1. The van der Waals surface area contributed by atoms with Crippen LogP contribution in [0.5, 0.6) is 0 Å². The van der Waals surface area contributed by atoms with E-state index in [-0.39, 0.29) is 34.3 Å². The molecular formula is C16H18ClN3O5S. The maximum Gasteiger partial charge on any atom is 0.287 e. The summed E-state index contributed by atoms with van der Waals surface area (Å²) in [6.45, 7) is 0.339. The zero-order valence-electron chi connectivity index (χ0n) is 14.2. The molecule has 0 bridgehead atoms. The maximum atomic E-state index is 12.2. The van der Waals surface area contributed by atoms with E-state index in [4.69, 9.17) is 16.0 Å². The van der Waals surface area contributed by atoms with E-state index in [1.807, 2.05) is 0 Å². The Morgan fingerprint density at radius 1 is 1.12 bits per heavy atom. The summed E-state index contributed by atoms with van der Waals surface area (Å²) >= 11 is 5.95. The molecule has 1 aromatic carbocycles. The van der Waals surface area contributed by atoms with Crippen molar-refractivity contribution in [1.29, 1.82) is 0 Å². The second-order valence-electron chi connectivity index (χ2n) is 5.42. The molecule has 140 valence electrons. The van der Waals surface area contributed by atoms with Crippen LogP contribution < -0.4 is 10.6 Å². The average Bonchev–Trinajstić information content (AvgIpc) is 3.13. The van der Waals surface area contributed by atoms with Gasteiger partial charge in [0, 0.05) is 32.7 Å². The highest BCUT2D eigenvalue weighted by Gasteiger charge is 2.22. The molecule has 26 heavy (non-hydrogen) atoms. The van der Waals surface area contributed by atoms with Gasteiger partial charge in [-0.25, -0.2) is 12.7 Å². The van der Waals surface area contributed by atoms with Crippen LogP contribution >= 0.6 is 11.6 Å². The van der Waals surface area contributed by atoms with Gasteiger partial charge < -0.3 is 15.1 Å². The molecule has 0 unspecified atom stereocenters. The fraction of sp³-hybridized carbons (Fsp3) is 0.250. The molecule has 2 aromatic rings. The van der Waals surface area contributed by atoms with Crippen molar-refractivity contribution in [3.63, 3.8) is 0 Å². The third-order valence-electron chi connectivity index (χ3n) is 3.39. The molecule has 0 saturated carbocycles. The lowest BCUT2D eigenvalue weighted by Crippen LogP contribution is -2.34. The molecule has 0 spiro atoms. The van der Waals surface area contributed by atoms with Crippen molar-refractivity contribution in [2.75, 3.05) is 27.2 Å². The van der Waals surface area contributed by atoms with Gasteiger partial charge in [-0.1, -0.05) is 11.6 Å². The number of sulfonamides is 1. The summed E-state index contributed by atoms with van der Waals surface area (Å²) in [5.74, 6) is -0.702. The Balaban J connectivity index is 1.96. The first-order valence-electron chi connectivity index (χ1n) is 7.55. The Morgan fingerprint density at radius 3 is 2.35 bits per heavy atom. The second-order valence-corrected chi connectivity index (χ2v) is 7.95. The maximum absolute atomic E-state index is 12.2. The van der Waals surface area contributed by atoms with Crippen LogP contribution in [0.25, 0.3) is 0 Å². The molecule has 0 fully saturated rings. The van der Waals surface area contributed by atoms with Crippen LogP contribution in [-0.4, -0.2) is 51.7 Å². The Kier molecular flexibility index (Phi) is 6.41. The first-order valence-corrected chi connectivity index (χ1v) is 9.37. The first-order chi connectivity index (χ1) is 12.2. The van der Waals surface area contributed by atoms with Gasteiger partial charge in [0.2, 0.25) is 10.0 Å². The van der Waals surface area contributed by atoms with E-state index in [0.29, 0.717) is 0 Å². The number of nitrogens with zero attached hydrogens (tertiary/aromatic N) is 1. The van der Waals surface area contributed by atoms with Gasteiger partial charge in [-0.3, -0.25) is 9.59 Å². The molecule has 2 amide bonds. The number of hydrogen-bond acceptors (Lipinski definition) is 5. The highest BCUT2D eigenvalue weighted by molar-refractivity contribution is 7.89. The van der Waals surface area contributed by atoms with Gasteiger partial charge in [-0.05, 0) is 30.3 Å². The lowest BCUT2D eigenvalue weighted by Gasteiger charge is -2.14. The Labute approximate surface area is 156 Å². The lowest BCUT2D eigenvalue weighted by atomic mass is 10.2. The summed E-state index contributed by atoms with van der Waals surface area (Å²) in [6.07, 6.45) is 1.39. The van der Waals surface area contributed by atoms with Gasteiger partial charge >= 0.3 is 0 Å². The number of amides is 2. The molecule has 1 heterocycles. The van der Waals surface area contributed by atoms with E-state index in [9.17, 15) is 18.0 Å². The molecule has 10 heteroatoms. The quantitative estimate of drug-likeness (QED) is 0.683. The average molecular weight is 400 g/mol. The fourth-order valence-corrected chi connectivity index (χ4v) is 3.38. The lowest BCUT2D eigenvalue weighted by molar-refractivity contribution is 0.0910. The minimum absolute atomic E-state index is 0.0287. The highest BCUT2D eigenvalue weighted by Crippen LogP contribution is 2.24. The predicted molar refractivity (Wildman–Crippen MR) is 95.7 cm³/mol. The van der Waals surface area contributed by atoms with Crippen LogP contribution in [0.15, 0.2) is 45.9 Å². The standard InChI is InChI=1S/C16H18ClN3O5S/c1-20(2)26(23,24)14-10-11(5-6-12(14)17)15(21)18-7-8-19-16(22)13-4-3-9-25-13/h3-6,9-10H,7-8H2,1-2H3,(H,18,21)(H,19,22). The third-order valence-corrected chi connectivity index (χ3v) is 5.69. The molecule has 0 aliphatic rings. The minimum Gasteiger partial charge on any atom is -0.459 e. The van der Waals surface area contributed by atoms with Crippen molar-refractivity contribution in [1.82, 2.24) is 14.9 Å². The number of rotatable bonds is 7. The van der Waals surface area contributed by atoms with Crippen molar-refractivity contribution in [3.05, 3.63) is 52.9 Å². The molecule has 1 aromatic heterocycles. The van der Waals surface area contributed by atoms with E-state index in [2.05, 4.69) is 10.6 Å². The molecule has 2 N–H and O–H groups in total. The number of carbonyl (C=O) groups excluding carboxylic acids is 2. The van der Waals surface area contributed by atoms with Crippen LogP contribution in [-0.2, 0) is 10.0 Å². The van der Waals surface area contributed by atoms with E-state index >= 15 is 0 Å². The summed E-state index contributed by atoms with van der Waals surface area (Å²) in [6, 6.07) is 7.11. The summed E-state index contributed by atoms with van der Waals surface area (Å²) in [5.41, 5.74) is 0.146. The zero-order valence-corrected chi connectivity index (χ0v) is 15.7. The number of hydrogen-bond donors (Lipinski definition) is 2. The Morgan fingerprint density at radius 2 is 1.77 bits per heavy atom. The zero-order chi connectivity index (χ0) is 19.3. The van der Waals surface area contributed by atoms with Crippen LogP contribution in [0.4, 0.5) is 0 Å². The van der Waals surface area contributed by atoms with Crippen molar-refractivity contribution < 1.29 is 22.4 Å². The minimum atomic E-state index is -3.77. The molecule has 2 rings (SSSR count). The molecule has 0 radical (unpaired) electrons. The SMILES string of the molecule is CN(C)S(=O)(=O)c1cc(C(=O)NCCNC(=O)c2ccco2)ccc1Cl. The van der Waals surface area contributed by atoms with Crippen molar-refractivity contribution >= 4 is 33.4 Å². The topological polar surface area (TPSA) is 109 Å². The number of benzene rings is 1. The second kappa shape index (κ2) is 8.35. The summed E-state index contributed by atoms with van der Waals surface area (Å²) in [7, 11) is -1.02. The summed E-state index contributed by atoms with van der Waals surface area (Å²) in [5, 5.41) is 5.20. The van der Waals surface area contributed by atoms with E-state index < -0.39 is 21.8 Å². The highest BCUT2D eigenvalue weighted by atomic mass is 35.5. The van der Waals surface area contributed by atoms with Gasteiger partial charge in [0.1, 0.15) is 4.90 Å². The molecular weight excluding hydrogens is 382 g/mol. The Hall–Kier alpha value is -2.36. The van der Waals surface area contributed by atoms with Gasteiger partial charge in [-0.2, -0.15) is 0 Å². The Bertz CT molecular complexity index is 895. The number of halogens is 1. The fourth-order valence-electron chi connectivity index (χ4n) is 1.99. The predicted octanol–water partition coefficient (Wildman–Crippen LogP) is 1.34. The van der Waals surface area contributed by atoms with Crippen LogP contribution in [0.3, 0.4) is 0 Å². The van der Waals surface area contributed by atoms with Gasteiger partial charge in [0.05, 0.1) is 11.3 Å². The van der Waals surface area contributed by atoms with Gasteiger partial charge in [0.25, 0.3) is 11.8 Å². The van der Waals surface area contributed by atoms with Crippen LogP contribution in [0.1, 0.15) is 20.9 Å². The molecule has 0 aliphatic heterocycles. The van der Waals surface area contributed by atoms with Crippen molar-refractivity contribution in [2.45, 2.75) is 4.90 Å². The van der Waals surface area contributed by atoms with E-state index in [1.54, 1.807) is 6.07 Å². The van der Waals surface area contributed by atoms with Crippen molar-refractivity contribution in [2.24, 2.45) is 0 Å². The largest absolute Gasteiger partial charge is 0.459 e. The molecule has 0 atom stereocenters. The van der Waals surface area contributed by atoms with Crippen LogP contribution in [0.2, 0.25) is 5.02 Å². The molecule has 0 saturated heterocycles. The number of carbonyl (C=O) groups is 2.